The fourth-order valence-corrected chi connectivity index (χ4v) is 6.33. The van der Waals surface area contributed by atoms with Crippen LogP contribution in [0.2, 0.25) is 0 Å². The number of hydrogen-bond acceptors (Lipinski definition) is 9. The van der Waals surface area contributed by atoms with Gasteiger partial charge in [-0.1, -0.05) is 12.6 Å². The summed E-state index contributed by atoms with van der Waals surface area (Å²) in [5.74, 6) is 0.681. The van der Waals surface area contributed by atoms with E-state index in [1.165, 1.54) is 18.1 Å². The van der Waals surface area contributed by atoms with Crippen molar-refractivity contribution in [3.8, 4) is 12.1 Å². The molecular weight excluding hydrogens is 506 g/mol. The standard InChI is InChI=1S/C29H35N9O2/c1-4-26(39)38-13-12-36(15-20(38)9-10-30)28-23-16-37(27-19(2)7-8-24-22(27)14-31-34-24)17-25(23)32-29(33-28)40-18-21-6-5-11-35(21)3/h4,7-8,14,20-21H,1,5-6,9,11-13,15-18H2,2-3H3,(H,31,34)/t20-,21-/m0/s1. The molecule has 5 heterocycles. The molecule has 0 radical (unpaired) electrons. The molecule has 6 rings (SSSR count). The van der Waals surface area contributed by atoms with E-state index in [9.17, 15) is 10.1 Å². The second-order valence-electron chi connectivity index (χ2n) is 11.0. The second-order valence-corrected chi connectivity index (χ2v) is 11.0. The van der Waals surface area contributed by atoms with Gasteiger partial charge in [-0.05, 0) is 51.1 Å². The van der Waals surface area contributed by atoms with Crippen molar-refractivity contribution in [3.05, 3.63) is 47.8 Å². The van der Waals surface area contributed by atoms with Crippen LogP contribution in [0.15, 0.2) is 31.0 Å². The molecule has 2 atom stereocenters. The number of nitriles is 1. The number of amides is 1. The summed E-state index contributed by atoms with van der Waals surface area (Å²) < 4.78 is 6.24. The molecule has 11 nitrogen and oxygen atoms in total. The number of piperazine rings is 1. The Kier molecular flexibility index (Phi) is 7.02. The summed E-state index contributed by atoms with van der Waals surface area (Å²) in [7, 11) is 2.13. The predicted octanol–water partition coefficient (Wildman–Crippen LogP) is 2.77. The van der Waals surface area contributed by atoms with Crippen LogP contribution >= 0.6 is 0 Å². The largest absolute Gasteiger partial charge is 0.462 e. The number of nitrogens with one attached hydrogen (secondary N) is 1. The molecule has 3 aromatic rings. The van der Waals surface area contributed by atoms with Gasteiger partial charge in [-0.2, -0.15) is 20.3 Å². The van der Waals surface area contributed by atoms with Gasteiger partial charge in [0.05, 0.1) is 48.2 Å². The molecule has 0 aliphatic carbocycles. The molecule has 1 N–H and O–H groups in total. The van der Waals surface area contributed by atoms with E-state index in [-0.39, 0.29) is 18.4 Å². The summed E-state index contributed by atoms with van der Waals surface area (Å²) in [6.07, 6.45) is 5.72. The van der Waals surface area contributed by atoms with Crippen LogP contribution in [0.1, 0.15) is 36.1 Å². The third-order valence-electron chi connectivity index (χ3n) is 8.50. The molecule has 3 aliphatic heterocycles. The van der Waals surface area contributed by atoms with Crippen molar-refractivity contribution < 1.29 is 9.53 Å². The van der Waals surface area contributed by atoms with Gasteiger partial charge in [0.2, 0.25) is 5.91 Å². The molecule has 11 heteroatoms. The van der Waals surface area contributed by atoms with Crippen molar-refractivity contribution in [1.82, 2.24) is 30.0 Å². The summed E-state index contributed by atoms with van der Waals surface area (Å²) in [5.41, 5.74) is 5.30. The highest BCUT2D eigenvalue weighted by Gasteiger charge is 2.35. The first-order chi connectivity index (χ1) is 19.5. The van der Waals surface area contributed by atoms with E-state index < -0.39 is 0 Å². The zero-order valence-corrected chi connectivity index (χ0v) is 23.1. The van der Waals surface area contributed by atoms with E-state index in [0.29, 0.717) is 51.4 Å². The van der Waals surface area contributed by atoms with Crippen molar-refractivity contribution in [2.75, 3.05) is 49.6 Å². The Hall–Kier alpha value is -4.17. The van der Waals surface area contributed by atoms with Gasteiger partial charge >= 0.3 is 6.01 Å². The van der Waals surface area contributed by atoms with Gasteiger partial charge in [-0.3, -0.25) is 9.89 Å². The summed E-state index contributed by atoms with van der Waals surface area (Å²) in [4.78, 5) is 31.0. The Morgan fingerprint density at radius 2 is 2.10 bits per heavy atom. The highest BCUT2D eigenvalue weighted by molar-refractivity contribution is 5.93. The number of likely N-dealkylation sites (tertiary alicyclic amines) is 1. The SMILES string of the molecule is C=CC(=O)N1CCN(c2nc(OC[C@@H]3CCCN3C)nc3c2CN(c2c(C)ccc4[nH]ncc24)C3)C[C@@H]1CC#N. The highest BCUT2D eigenvalue weighted by Crippen LogP contribution is 2.39. The molecule has 0 bridgehead atoms. The molecule has 2 saturated heterocycles. The van der Waals surface area contributed by atoms with Crippen molar-refractivity contribution in [2.24, 2.45) is 0 Å². The lowest BCUT2D eigenvalue weighted by atomic mass is 10.1. The first-order valence-corrected chi connectivity index (χ1v) is 13.9. The van der Waals surface area contributed by atoms with Gasteiger partial charge in [0, 0.05) is 43.2 Å². The number of fused-ring (bicyclic) bond motifs is 2. The van der Waals surface area contributed by atoms with Gasteiger partial charge in [0.15, 0.2) is 0 Å². The molecular formula is C29H35N9O2. The quantitative estimate of drug-likeness (QED) is 0.451. The predicted molar refractivity (Wildman–Crippen MR) is 152 cm³/mol. The molecule has 0 spiro atoms. The van der Waals surface area contributed by atoms with Gasteiger partial charge in [0.1, 0.15) is 12.4 Å². The van der Waals surface area contributed by atoms with Crippen LogP contribution in [0.25, 0.3) is 10.9 Å². The third-order valence-corrected chi connectivity index (χ3v) is 8.50. The normalized spacial score (nSPS) is 21.1. The van der Waals surface area contributed by atoms with Crippen LogP contribution in [0.5, 0.6) is 6.01 Å². The number of aryl methyl sites for hydroxylation is 1. The van der Waals surface area contributed by atoms with E-state index in [0.717, 1.165) is 46.6 Å². The minimum absolute atomic E-state index is 0.146. The monoisotopic (exact) mass is 541 g/mol. The van der Waals surface area contributed by atoms with Gasteiger partial charge < -0.3 is 24.3 Å². The van der Waals surface area contributed by atoms with Crippen molar-refractivity contribution >= 4 is 28.3 Å². The van der Waals surface area contributed by atoms with Gasteiger partial charge in [0.25, 0.3) is 0 Å². The first-order valence-electron chi connectivity index (χ1n) is 13.9. The van der Waals surface area contributed by atoms with E-state index in [2.05, 4.69) is 63.6 Å². The smallest absolute Gasteiger partial charge is 0.318 e. The fraction of sp³-hybridized carbons (Fsp3) is 0.483. The first kappa shape index (κ1) is 26.1. The van der Waals surface area contributed by atoms with Crippen LogP contribution in [-0.2, 0) is 17.9 Å². The van der Waals surface area contributed by atoms with Crippen LogP contribution in [0.4, 0.5) is 11.5 Å². The topological polar surface area (TPSA) is 118 Å². The van der Waals surface area contributed by atoms with Crippen LogP contribution in [-0.4, -0.2) is 87.8 Å². The molecule has 0 saturated carbocycles. The van der Waals surface area contributed by atoms with Crippen LogP contribution in [0, 0.1) is 18.3 Å². The zero-order chi connectivity index (χ0) is 27.8. The minimum Gasteiger partial charge on any atom is -0.462 e. The molecule has 208 valence electrons. The Labute approximate surface area is 234 Å². The van der Waals surface area contributed by atoms with Crippen LogP contribution < -0.4 is 14.5 Å². The Morgan fingerprint density at radius 3 is 2.88 bits per heavy atom. The maximum atomic E-state index is 12.5. The summed E-state index contributed by atoms with van der Waals surface area (Å²) >= 11 is 0. The highest BCUT2D eigenvalue weighted by atomic mass is 16.5. The van der Waals surface area contributed by atoms with Gasteiger partial charge in [-0.15, -0.1) is 0 Å². The van der Waals surface area contributed by atoms with Crippen molar-refractivity contribution in [1.29, 1.82) is 5.26 Å². The minimum atomic E-state index is -0.245. The average molecular weight is 542 g/mol. The Balaban J connectivity index is 1.34. The lowest BCUT2D eigenvalue weighted by molar-refractivity contribution is -0.128. The number of aromatic amines is 1. The number of rotatable bonds is 7. The fourth-order valence-electron chi connectivity index (χ4n) is 6.33. The van der Waals surface area contributed by atoms with Crippen molar-refractivity contribution in [3.63, 3.8) is 0 Å². The average Bonchev–Trinajstić information content (AvgIpc) is 3.70. The Bertz CT molecular complexity index is 1480. The summed E-state index contributed by atoms with van der Waals surface area (Å²) in [6, 6.07) is 6.91. The van der Waals surface area contributed by atoms with E-state index in [1.807, 2.05) is 6.20 Å². The lowest BCUT2D eigenvalue weighted by Gasteiger charge is -2.41. The molecule has 2 fully saturated rings. The number of H-pyrrole nitrogens is 1. The maximum absolute atomic E-state index is 12.5. The number of anilines is 2. The molecule has 2 aromatic heterocycles. The number of likely N-dealkylation sites (N-methyl/N-ethyl adjacent to an activating group) is 1. The molecule has 0 unspecified atom stereocenters. The van der Waals surface area contributed by atoms with E-state index >= 15 is 0 Å². The number of nitrogens with zero attached hydrogens (tertiary/aromatic N) is 8. The number of hydrogen-bond donors (Lipinski definition) is 1. The molecule has 3 aliphatic rings. The van der Waals surface area contributed by atoms with Crippen molar-refractivity contribution in [2.45, 2.75) is 51.4 Å². The Morgan fingerprint density at radius 1 is 1.23 bits per heavy atom. The number of ether oxygens (including phenoxy) is 1. The number of benzene rings is 1. The third kappa shape index (κ3) is 4.73. The molecule has 1 aromatic carbocycles. The number of carbonyl (C=O) groups excluding carboxylic acids is 1. The van der Waals surface area contributed by atoms with E-state index in [4.69, 9.17) is 14.7 Å². The van der Waals surface area contributed by atoms with E-state index in [1.54, 1.807) is 4.90 Å². The number of carbonyl (C=O) groups is 1. The van der Waals surface area contributed by atoms with Crippen LogP contribution in [0.3, 0.4) is 0 Å². The molecule has 40 heavy (non-hydrogen) atoms. The zero-order valence-electron chi connectivity index (χ0n) is 23.1. The van der Waals surface area contributed by atoms with Gasteiger partial charge in [-0.25, -0.2) is 0 Å². The maximum Gasteiger partial charge on any atom is 0.318 e. The molecule has 1 amide bonds. The summed E-state index contributed by atoms with van der Waals surface area (Å²) in [6.45, 7) is 10.3. The summed E-state index contributed by atoms with van der Waals surface area (Å²) in [5, 5.41) is 17.9. The number of aromatic nitrogens is 4. The lowest BCUT2D eigenvalue weighted by Crippen LogP contribution is -2.55. The second kappa shape index (κ2) is 10.8.